The Kier molecular flexibility index (Phi) is 4.57. The summed E-state index contributed by atoms with van der Waals surface area (Å²) in [5, 5.41) is 3.09. The number of Topliss-reactive ketones (excluding diaryl/α,β-unsaturated/α-hetero) is 1. The summed E-state index contributed by atoms with van der Waals surface area (Å²) in [6.07, 6.45) is 1.22. The van der Waals surface area contributed by atoms with Crippen molar-refractivity contribution in [1.29, 1.82) is 0 Å². The Balaban J connectivity index is 0.00000144. The van der Waals surface area contributed by atoms with E-state index in [4.69, 9.17) is 0 Å². The van der Waals surface area contributed by atoms with E-state index < -0.39 is 5.41 Å². The van der Waals surface area contributed by atoms with Crippen LogP contribution in [0, 0.1) is 5.41 Å². The minimum Gasteiger partial charge on any atom is -0.315 e. The first-order valence-electron chi connectivity index (χ1n) is 4.13. The minimum absolute atomic E-state index is 0. The van der Waals surface area contributed by atoms with Gasteiger partial charge in [-0.15, -0.1) is 12.4 Å². The molecule has 1 aliphatic rings. The monoisotopic (exact) mass is 207 g/mol. The normalized spacial score (nSPS) is 31.2. The molecule has 0 amide bonds. The van der Waals surface area contributed by atoms with Crippen molar-refractivity contribution in [3.8, 4) is 0 Å². The molecule has 0 unspecified atom stereocenters. The van der Waals surface area contributed by atoms with Crippen LogP contribution >= 0.6 is 12.4 Å². The van der Waals surface area contributed by atoms with Crippen molar-refractivity contribution in [3.05, 3.63) is 11.9 Å². The molecule has 0 aromatic carbocycles. The van der Waals surface area contributed by atoms with Gasteiger partial charge in [-0.1, -0.05) is 0 Å². The summed E-state index contributed by atoms with van der Waals surface area (Å²) in [7, 11) is 0. The number of nitrogens with one attached hydrogen (secondary N) is 1. The molecule has 1 fully saturated rings. The molecule has 0 bridgehead atoms. The SMILES string of the molecule is CC(=O)[C@]1(C)CNCC/C1=C\F.Cl. The van der Waals surface area contributed by atoms with E-state index in [1.165, 1.54) is 6.92 Å². The lowest BCUT2D eigenvalue weighted by Crippen LogP contribution is -2.44. The predicted octanol–water partition coefficient (Wildman–Crippen LogP) is 1.85. The van der Waals surface area contributed by atoms with E-state index in [9.17, 15) is 9.18 Å². The van der Waals surface area contributed by atoms with Crippen LogP contribution in [-0.2, 0) is 4.79 Å². The Hall–Kier alpha value is -0.410. The average molecular weight is 208 g/mol. The standard InChI is InChI=1S/C9H14FNO.ClH/c1-7(12)9(2)6-11-4-3-8(9)5-10;/h5,11H,3-4,6H2,1-2H3;1H/b8-5+;/t9-;/m0./s1. The van der Waals surface area contributed by atoms with Gasteiger partial charge >= 0.3 is 0 Å². The number of piperidine rings is 1. The van der Waals surface area contributed by atoms with Crippen LogP contribution in [0.1, 0.15) is 20.3 Å². The highest BCUT2D eigenvalue weighted by Crippen LogP contribution is 2.32. The lowest BCUT2D eigenvalue weighted by Gasteiger charge is -2.33. The van der Waals surface area contributed by atoms with Crippen LogP contribution in [0.3, 0.4) is 0 Å². The molecule has 0 spiro atoms. The lowest BCUT2D eigenvalue weighted by atomic mass is 9.76. The molecule has 1 aliphatic heterocycles. The van der Waals surface area contributed by atoms with E-state index in [2.05, 4.69) is 5.32 Å². The second-order valence-electron chi connectivity index (χ2n) is 3.45. The number of hydrogen-bond donors (Lipinski definition) is 1. The first-order chi connectivity index (χ1) is 5.61. The predicted molar refractivity (Wildman–Crippen MR) is 52.7 cm³/mol. The second kappa shape index (κ2) is 4.72. The van der Waals surface area contributed by atoms with Crippen LogP contribution in [0.2, 0.25) is 0 Å². The zero-order valence-corrected chi connectivity index (χ0v) is 8.71. The van der Waals surface area contributed by atoms with Crippen LogP contribution < -0.4 is 5.32 Å². The van der Waals surface area contributed by atoms with Crippen molar-refractivity contribution in [1.82, 2.24) is 5.32 Å². The van der Waals surface area contributed by atoms with E-state index in [0.29, 0.717) is 24.9 Å². The maximum absolute atomic E-state index is 12.4. The molecule has 1 saturated heterocycles. The molecule has 0 aromatic heterocycles. The van der Waals surface area contributed by atoms with Crippen LogP contribution in [0.15, 0.2) is 11.9 Å². The van der Waals surface area contributed by atoms with Crippen LogP contribution in [0.4, 0.5) is 4.39 Å². The van der Waals surface area contributed by atoms with Gasteiger partial charge in [0, 0.05) is 6.54 Å². The van der Waals surface area contributed by atoms with Gasteiger partial charge in [0.1, 0.15) is 5.78 Å². The summed E-state index contributed by atoms with van der Waals surface area (Å²) in [4.78, 5) is 11.2. The summed E-state index contributed by atoms with van der Waals surface area (Å²) in [5.74, 6) is 0.0265. The van der Waals surface area contributed by atoms with Crippen molar-refractivity contribution < 1.29 is 9.18 Å². The quantitative estimate of drug-likeness (QED) is 0.711. The molecule has 76 valence electrons. The third-order valence-corrected chi connectivity index (χ3v) is 2.67. The van der Waals surface area contributed by atoms with Gasteiger partial charge in [0.05, 0.1) is 11.7 Å². The highest BCUT2D eigenvalue weighted by atomic mass is 35.5. The number of rotatable bonds is 1. The van der Waals surface area contributed by atoms with Crippen molar-refractivity contribution in [2.45, 2.75) is 20.3 Å². The van der Waals surface area contributed by atoms with Gasteiger partial charge in [0.15, 0.2) is 0 Å². The molecule has 1 N–H and O–H groups in total. The summed E-state index contributed by atoms with van der Waals surface area (Å²) < 4.78 is 12.4. The Bertz CT molecular complexity index is 230. The molecule has 0 radical (unpaired) electrons. The molecular weight excluding hydrogens is 193 g/mol. The molecule has 1 rings (SSSR count). The third-order valence-electron chi connectivity index (χ3n) is 2.67. The zero-order valence-electron chi connectivity index (χ0n) is 7.89. The van der Waals surface area contributed by atoms with Gasteiger partial charge < -0.3 is 5.32 Å². The maximum atomic E-state index is 12.4. The lowest BCUT2D eigenvalue weighted by molar-refractivity contribution is -0.124. The summed E-state index contributed by atoms with van der Waals surface area (Å²) >= 11 is 0. The third kappa shape index (κ3) is 2.29. The Labute approximate surface area is 84.0 Å². The zero-order chi connectivity index (χ0) is 9.19. The fourth-order valence-electron chi connectivity index (χ4n) is 1.48. The van der Waals surface area contributed by atoms with E-state index in [1.54, 1.807) is 6.92 Å². The topological polar surface area (TPSA) is 29.1 Å². The van der Waals surface area contributed by atoms with Gasteiger partial charge in [-0.3, -0.25) is 4.79 Å². The highest BCUT2D eigenvalue weighted by molar-refractivity contribution is 5.85. The highest BCUT2D eigenvalue weighted by Gasteiger charge is 2.36. The molecule has 0 aliphatic carbocycles. The first-order valence-corrected chi connectivity index (χ1v) is 4.13. The molecular formula is C9H15ClFNO. The van der Waals surface area contributed by atoms with Gasteiger partial charge in [-0.2, -0.15) is 0 Å². The van der Waals surface area contributed by atoms with Crippen molar-refractivity contribution in [2.75, 3.05) is 13.1 Å². The van der Waals surface area contributed by atoms with Crippen LogP contribution in [-0.4, -0.2) is 18.9 Å². The number of hydrogen-bond acceptors (Lipinski definition) is 2. The summed E-state index contributed by atoms with van der Waals surface area (Å²) in [6, 6.07) is 0. The largest absolute Gasteiger partial charge is 0.315 e. The maximum Gasteiger partial charge on any atom is 0.141 e. The van der Waals surface area contributed by atoms with Crippen molar-refractivity contribution >= 4 is 18.2 Å². The second-order valence-corrected chi connectivity index (χ2v) is 3.45. The first kappa shape index (κ1) is 12.6. The molecule has 1 heterocycles. The van der Waals surface area contributed by atoms with Crippen molar-refractivity contribution in [2.24, 2.45) is 5.41 Å². The van der Waals surface area contributed by atoms with Gasteiger partial charge in [0.2, 0.25) is 0 Å². The van der Waals surface area contributed by atoms with Gasteiger partial charge in [-0.05, 0) is 32.4 Å². The van der Waals surface area contributed by atoms with E-state index >= 15 is 0 Å². The number of carbonyl (C=O) groups is 1. The van der Waals surface area contributed by atoms with Gasteiger partial charge in [0.25, 0.3) is 0 Å². The number of ketones is 1. The fraction of sp³-hybridized carbons (Fsp3) is 0.667. The molecule has 0 aromatic rings. The fourth-order valence-corrected chi connectivity index (χ4v) is 1.48. The minimum atomic E-state index is -0.618. The van der Waals surface area contributed by atoms with Gasteiger partial charge in [-0.25, -0.2) is 4.39 Å². The molecule has 4 heteroatoms. The summed E-state index contributed by atoms with van der Waals surface area (Å²) in [5.41, 5.74) is 0.00116. The smallest absolute Gasteiger partial charge is 0.141 e. The Morgan fingerprint density at radius 2 is 2.31 bits per heavy atom. The van der Waals surface area contributed by atoms with Crippen LogP contribution in [0.25, 0.3) is 0 Å². The van der Waals surface area contributed by atoms with E-state index in [1.807, 2.05) is 0 Å². The Morgan fingerprint density at radius 3 is 2.69 bits per heavy atom. The van der Waals surface area contributed by atoms with Crippen LogP contribution in [0.5, 0.6) is 0 Å². The number of carbonyl (C=O) groups excluding carboxylic acids is 1. The average Bonchev–Trinajstić information content (AvgIpc) is 2.05. The number of halogens is 2. The molecule has 1 atom stereocenters. The van der Waals surface area contributed by atoms with Crippen molar-refractivity contribution in [3.63, 3.8) is 0 Å². The molecule has 2 nitrogen and oxygen atoms in total. The molecule has 13 heavy (non-hydrogen) atoms. The van der Waals surface area contributed by atoms with E-state index in [-0.39, 0.29) is 18.2 Å². The van der Waals surface area contributed by atoms with E-state index in [0.717, 1.165) is 6.54 Å². The summed E-state index contributed by atoms with van der Waals surface area (Å²) in [6.45, 7) is 4.61. The Morgan fingerprint density at radius 1 is 1.69 bits per heavy atom. The molecule has 0 saturated carbocycles.